The number of rotatable bonds is 0. The number of para-hydroxylation sites is 1. The quantitative estimate of drug-likeness (QED) is 0.564. The Morgan fingerprint density at radius 1 is 1.29 bits per heavy atom. The van der Waals surface area contributed by atoms with E-state index >= 15 is 0 Å². The van der Waals surface area contributed by atoms with Crippen molar-refractivity contribution >= 4 is 11.8 Å². The predicted molar refractivity (Wildman–Crippen MR) is 55.5 cm³/mol. The first kappa shape index (κ1) is 11.9. The minimum absolute atomic E-state index is 0.168. The minimum Gasteiger partial charge on any atom is -0.435 e. The summed E-state index contributed by atoms with van der Waals surface area (Å²) >= 11 is 0. The molecule has 1 amide bonds. The van der Waals surface area contributed by atoms with Crippen molar-refractivity contribution in [3.8, 4) is 0 Å². The van der Waals surface area contributed by atoms with E-state index in [2.05, 4.69) is 0 Å². The molecule has 1 heterocycles. The Kier molecular flexibility index (Phi) is 2.61. The number of carbonyl (C=O) groups is 1. The number of halogens is 3. The van der Waals surface area contributed by atoms with Crippen molar-refractivity contribution in [3.63, 3.8) is 0 Å². The fourth-order valence-electron chi connectivity index (χ4n) is 2.29. The Morgan fingerprint density at radius 3 is 2.53 bits per heavy atom. The van der Waals surface area contributed by atoms with Gasteiger partial charge in [-0.25, -0.2) is 0 Å². The Morgan fingerprint density at radius 2 is 1.94 bits per heavy atom. The van der Waals surface area contributed by atoms with E-state index in [-0.39, 0.29) is 12.1 Å². The lowest BCUT2D eigenvalue weighted by Gasteiger charge is -2.36. The lowest BCUT2D eigenvalue weighted by Crippen LogP contribution is -2.64. The number of nitrogens with zero attached hydrogens (tertiary/aromatic N) is 1. The molecule has 1 aliphatic heterocycles. The van der Waals surface area contributed by atoms with Crippen molar-refractivity contribution in [3.05, 3.63) is 29.8 Å². The number of alkyl halides is 3. The minimum atomic E-state index is -4.83. The van der Waals surface area contributed by atoms with Crippen LogP contribution in [0.25, 0.3) is 0 Å². The molecule has 0 radical (unpaired) electrons. The number of amides is 1. The second kappa shape index (κ2) is 3.73. The van der Waals surface area contributed by atoms with Gasteiger partial charge < -0.3 is 5.11 Å². The van der Waals surface area contributed by atoms with Crippen LogP contribution >= 0.6 is 0 Å². The Hall–Kier alpha value is -1.56. The molecular weight excluding hydrogens is 235 g/mol. The number of benzene rings is 1. The molecule has 0 spiro atoms. The van der Waals surface area contributed by atoms with Crippen LogP contribution in [0.3, 0.4) is 0 Å². The molecule has 1 aromatic carbocycles. The molecule has 2 rings (SSSR count). The topological polar surface area (TPSA) is 37.3 Å². The molecule has 0 saturated heterocycles. The average Bonchev–Trinajstić information content (AvgIpc) is 2.26. The number of fused-ring (bicyclic) bond motifs is 1. The molecule has 0 bridgehead atoms. The normalized spacial score (nSPS) is 24.2. The SMILES string of the molecule is O=C(O)[N+]1(C(F)(F)F)CCCc2ccccc21. The highest BCUT2D eigenvalue weighted by Crippen LogP contribution is 2.42. The fourth-order valence-corrected chi connectivity index (χ4v) is 2.29. The monoisotopic (exact) mass is 246 g/mol. The summed E-state index contributed by atoms with van der Waals surface area (Å²) in [7, 11) is 0. The Labute approximate surface area is 95.7 Å². The van der Waals surface area contributed by atoms with Gasteiger partial charge in [-0.05, 0) is 6.42 Å². The van der Waals surface area contributed by atoms with E-state index in [9.17, 15) is 18.0 Å². The summed E-state index contributed by atoms with van der Waals surface area (Å²) in [5, 5.41) is 9.02. The third kappa shape index (κ3) is 1.59. The second-order valence-corrected chi connectivity index (χ2v) is 4.02. The van der Waals surface area contributed by atoms with Crippen LogP contribution in [0.15, 0.2) is 24.3 Å². The lowest BCUT2D eigenvalue weighted by molar-refractivity contribution is -0.224. The van der Waals surface area contributed by atoms with Gasteiger partial charge in [0.25, 0.3) is 0 Å². The maximum atomic E-state index is 13.1. The van der Waals surface area contributed by atoms with Crippen LogP contribution in [0.4, 0.5) is 23.7 Å². The smallest absolute Gasteiger partial charge is 0.435 e. The highest BCUT2D eigenvalue weighted by atomic mass is 19.4. The summed E-state index contributed by atoms with van der Waals surface area (Å²) in [4.78, 5) is 11.1. The zero-order valence-electron chi connectivity index (χ0n) is 8.87. The second-order valence-electron chi connectivity index (χ2n) is 4.02. The number of hydrogen-bond acceptors (Lipinski definition) is 1. The van der Waals surface area contributed by atoms with Gasteiger partial charge in [0.2, 0.25) is 0 Å². The van der Waals surface area contributed by atoms with Crippen molar-refractivity contribution in [1.82, 2.24) is 4.48 Å². The first-order chi connectivity index (χ1) is 7.89. The molecule has 1 unspecified atom stereocenters. The first-order valence-electron chi connectivity index (χ1n) is 5.16. The summed E-state index contributed by atoms with van der Waals surface area (Å²) in [6.45, 7) is -0.449. The first-order valence-corrected chi connectivity index (χ1v) is 5.16. The van der Waals surface area contributed by atoms with Crippen LogP contribution in [0.1, 0.15) is 12.0 Å². The molecule has 1 atom stereocenters. The standard InChI is InChI=1S/C11H10F3NO2/c12-11(13,14)15(10(16)17)7-3-5-8-4-1-2-6-9(8)15/h1-2,4,6H,3,5,7H2/p+1. The largest absolute Gasteiger partial charge is 0.576 e. The van der Waals surface area contributed by atoms with Crippen LogP contribution < -0.4 is 4.48 Å². The molecule has 1 aromatic rings. The fraction of sp³-hybridized carbons (Fsp3) is 0.364. The zero-order valence-corrected chi connectivity index (χ0v) is 8.87. The molecule has 17 heavy (non-hydrogen) atoms. The highest BCUT2D eigenvalue weighted by Gasteiger charge is 2.64. The predicted octanol–water partition coefficient (Wildman–Crippen LogP) is 3.14. The average molecular weight is 246 g/mol. The van der Waals surface area contributed by atoms with Gasteiger partial charge in [-0.15, -0.1) is 13.2 Å². The molecule has 0 aliphatic carbocycles. The van der Waals surface area contributed by atoms with Crippen molar-refractivity contribution in [1.29, 1.82) is 0 Å². The van der Waals surface area contributed by atoms with Gasteiger partial charge in [-0.1, -0.05) is 22.7 Å². The molecule has 92 valence electrons. The summed E-state index contributed by atoms with van der Waals surface area (Å²) < 4.78 is 37.4. The van der Waals surface area contributed by atoms with Crippen molar-refractivity contribution in [2.24, 2.45) is 0 Å². The van der Waals surface area contributed by atoms with Crippen molar-refractivity contribution in [2.75, 3.05) is 6.54 Å². The van der Waals surface area contributed by atoms with Crippen molar-refractivity contribution < 1.29 is 23.1 Å². The molecule has 6 heteroatoms. The van der Waals surface area contributed by atoms with E-state index in [1.54, 1.807) is 12.1 Å². The van der Waals surface area contributed by atoms with E-state index in [4.69, 9.17) is 5.11 Å². The molecule has 1 aliphatic rings. The summed E-state index contributed by atoms with van der Waals surface area (Å²) in [5.41, 5.74) is 0.289. The summed E-state index contributed by atoms with van der Waals surface area (Å²) in [5.74, 6) is 0. The Bertz CT molecular complexity index is 458. The maximum Gasteiger partial charge on any atom is 0.576 e. The molecule has 0 saturated carbocycles. The molecule has 1 N–H and O–H groups in total. The van der Waals surface area contributed by atoms with Gasteiger partial charge in [-0.2, -0.15) is 4.79 Å². The van der Waals surface area contributed by atoms with Crippen LogP contribution in [-0.2, 0) is 6.42 Å². The Balaban J connectivity index is 2.68. The molecule has 0 aromatic heterocycles. The molecule has 3 nitrogen and oxygen atoms in total. The molecule has 0 fully saturated rings. The van der Waals surface area contributed by atoms with Crippen LogP contribution in [0.5, 0.6) is 0 Å². The van der Waals surface area contributed by atoms with Gasteiger partial charge in [0.05, 0.1) is 0 Å². The van der Waals surface area contributed by atoms with Gasteiger partial charge in [0.1, 0.15) is 6.54 Å². The van der Waals surface area contributed by atoms with Gasteiger partial charge in [-0.3, -0.25) is 0 Å². The van der Waals surface area contributed by atoms with Gasteiger partial charge in [0, 0.05) is 18.1 Å². The van der Waals surface area contributed by atoms with Crippen LogP contribution in [0, 0.1) is 0 Å². The van der Waals surface area contributed by atoms with Crippen LogP contribution in [-0.4, -0.2) is 24.0 Å². The van der Waals surface area contributed by atoms with Gasteiger partial charge >= 0.3 is 12.4 Å². The van der Waals surface area contributed by atoms with Crippen LogP contribution in [0.2, 0.25) is 0 Å². The molecular formula is C11H11F3NO2+. The number of carboxylic acid groups (broad SMARTS) is 1. The van der Waals surface area contributed by atoms with E-state index in [1.165, 1.54) is 12.1 Å². The summed E-state index contributed by atoms with van der Waals surface area (Å²) in [6, 6.07) is 5.86. The maximum absolute atomic E-state index is 13.1. The lowest BCUT2D eigenvalue weighted by atomic mass is 10.00. The van der Waals surface area contributed by atoms with E-state index in [1.807, 2.05) is 0 Å². The van der Waals surface area contributed by atoms with E-state index in [0.717, 1.165) is 0 Å². The third-order valence-corrected chi connectivity index (χ3v) is 3.10. The van der Waals surface area contributed by atoms with E-state index < -0.39 is 23.4 Å². The van der Waals surface area contributed by atoms with Gasteiger partial charge in [0.15, 0.2) is 5.69 Å². The zero-order chi connectivity index (χ0) is 12.7. The number of hydrogen-bond donors (Lipinski definition) is 1. The highest BCUT2D eigenvalue weighted by molar-refractivity contribution is 5.83. The van der Waals surface area contributed by atoms with E-state index in [0.29, 0.717) is 12.0 Å². The summed E-state index contributed by atoms with van der Waals surface area (Å²) in [6.07, 6.45) is -6.00. The number of quaternary nitrogens is 1. The third-order valence-electron chi connectivity index (χ3n) is 3.10. The number of aryl methyl sites for hydroxylation is 1. The van der Waals surface area contributed by atoms with Crippen molar-refractivity contribution in [2.45, 2.75) is 19.1 Å².